The van der Waals surface area contributed by atoms with Crippen molar-refractivity contribution >= 4 is 51.6 Å². The van der Waals surface area contributed by atoms with Gasteiger partial charge in [-0.2, -0.15) is 4.39 Å². The zero-order chi connectivity index (χ0) is 32.0. The Kier molecular flexibility index (Phi) is 10.0. The van der Waals surface area contributed by atoms with E-state index >= 15 is 0 Å². The molecule has 14 heteroatoms. The normalized spacial score (nSPS) is 11.7. The number of rotatable bonds is 11. The van der Waals surface area contributed by atoms with E-state index in [0.29, 0.717) is 40.4 Å². The number of aromatic nitrogens is 4. The highest BCUT2D eigenvalue weighted by molar-refractivity contribution is 6.33. The van der Waals surface area contributed by atoms with Crippen LogP contribution in [-0.2, 0) is 20.9 Å². The van der Waals surface area contributed by atoms with Gasteiger partial charge in [0.15, 0.2) is 0 Å². The summed E-state index contributed by atoms with van der Waals surface area (Å²) in [5.41, 5.74) is 0.790. The van der Waals surface area contributed by atoms with Crippen LogP contribution in [0.3, 0.4) is 0 Å². The third-order valence-electron chi connectivity index (χ3n) is 5.76. The summed E-state index contributed by atoms with van der Waals surface area (Å²) in [6.07, 6.45) is 5.63. The lowest BCUT2D eigenvalue weighted by Gasteiger charge is -2.19. The molecule has 12 nitrogen and oxygen atoms in total. The molecule has 0 aliphatic rings. The molecule has 44 heavy (non-hydrogen) atoms. The van der Waals surface area contributed by atoms with Gasteiger partial charge in [0.05, 0.1) is 35.2 Å². The predicted octanol–water partition coefficient (Wildman–Crippen LogP) is 5.56. The minimum absolute atomic E-state index is 0.214. The Hall–Kier alpha value is -4.75. The maximum atomic E-state index is 14.5. The number of hydrogen-bond acceptors (Lipinski definition) is 10. The monoisotopic (exact) mass is 625 g/mol. The fraction of sp³-hybridized carbons (Fsp3) is 0.300. The van der Waals surface area contributed by atoms with Crippen molar-refractivity contribution in [3.05, 3.63) is 65.8 Å². The van der Waals surface area contributed by atoms with Gasteiger partial charge in [0.25, 0.3) is 5.88 Å². The SMILES string of the molecule is COc1cc2ncnc(Nc3ccc(Oc4nn(CC(=O)OC(C)(C)C)cc4F)cc3Cl)c2cc1NC(=O)/C=C/CN(C)C. The second-order valence-corrected chi connectivity index (χ2v) is 11.3. The van der Waals surface area contributed by atoms with Crippen molar-refractivity contribution in [2.45, 2.75) is 32.9 Å². The van der Waals surface area contributed by atoms with Crippen LogP contribution < -0.4 is 20.1 Å². The third-order valence-corrected chi connectivity index (χ3v) is 6.07. The fourth-order valence-corrected chi connectivity index (χ4v) is 4.15. The van der Waals surface area contributed by atoms with Gasteiger partial charge in [-0.3, -0.25) is 14.3 Å². The molecule has 0 bridgehead atoms. The Balaban J connectivity index is 1.52. The number of fused-ring (bicyclic) bond motifs is 1. The first-order chi connectivity index (χ1) is 20.8. The lowest BCUT2D eigenvalue weighted by atomic mass is 10.1. The van der Waals surface area contributed by atoms with Crippen molar-refractivity contribution in [2.75, 3.05) is 38.4 Å². The van der Waals surface area contributed by atoms with Gasteiger partial charge in [-0.05, 0) is 53.1 Å². The highest BCUT2D eigenvalue weighted by Gasteiger charge is 2.19. The summed E-state index contributed by atoms with van der Waals surface area (Å²) in [4.78, 5) is 35.2. The van der Waals surface area contributed by atoms with Gasteiger partial charge in [0.2, 0.25) is 11.7 Å². The van der Waals surface area contributed by atoms with Gasteiger partial charge >= 0.3 is 5.97 Å². The highest BCUT2D eigenvalue weighted by Crippen LogP contribution is 2.36. The molecule has 0 aliphatic heterocycles. The number of esters is 1. The summed E-state index contributed by atoms with van der Waals surface area (Å²) in [5.74, 6) is -0.909. The average molecular weight is 626 g/mol. The molecule has 0 aliphatic carbocycles. The van der Waals surface area contributed by atoms with Gasteiger partial charge in [0.1, 0.15) is 35.8 Å². The molecule has 0 spiro atoms. The Morgan fingerprint density at radius 1 is 1.14 bits per heavy atom. The number of likely N-dealkylation sites (N-methyl/N-ethyl adjacent to an activating group) is 1. The van der Waals surface area contributed by atoms with Crippen LogP contribution in [0.15, 0.2) is 55.0 Å². The number of carbonyl (C=O) groups excluding carboxylic acids is 2. The first-order valence-electron chi connectivity index (χ1n) is 13.5. The molecule has 1 amide bonds. The fourth-order valence-electron chi connectivity index (χ4n) is 3.93. The molecule has 4 rings (SSSR count). The van der Waals surface area contributed by atoms with E-state index in [1.807, 2.05) is 19.0 Å². The van der Waals surface area contributed by atoms with E-state index < -0.39 is 17.4 Å². The average Bonchev–Trinajstić information content (AvgIpc) is 3.26. The number of carbonyl (C=O) groups is 2. The second-order valence-electron chi connectivity index (χ2n) is 10.9. The van der Waals surface area contributed by atoms with Crippen LogP contribution in [0.2, 0.25) is 5.02 Å². The molecule has 2 aromatic carbocycles. The van der Waals surface area contributed by atoms with Crippen LogP contribution in [-0.4, -0.2) is 69.9 Å². The minimum atomic E-state index is -0.758. The van der Waals surface area contributed by atoms with Gasteiger partial charge in [0, 0.05) is 30.1 Å². The topological polar surface area (TPSA) is 133 Å². The second kappa shape index (κ2) is 13.7. The maximum absolute atomic E-state index is 14.5. The van der Waals surface area contributed by atoms with Crippen LogP contribution in [0.4, 0.5) is 21.6 Å². The first-order valence-corrected chi connectivity index (χ1v) is 13.8. The molecule has 2 heterocycles. The van der Waals surface area contributed by atoms with Crippen LogP contribution in [0, 0.1) is 5.82 Å². The van der Waals surface area contributed by atoms with Crippen LogP contribution in [0.5, 0.6) is 17.4 Å². The number of amides is 1. The number of methoxy groups -OCH3 is 1. The summed E-state index contributed by atoms with van der Waals surface area (Å²) in [7, 11) is 5.31. The minimum Gasteiger partial charge on any atom is -0.494 e. The lowest BCUT2D eigenvalue weighted by Crippen LogP contribution is -2.26. The number of benzene rings is 2. The molecule has 2 aromatic heterocycles. The van der Waals surface area contributed by atoms with Crippen LogP contribution >= 0.6 is 11.6 Å². The van der Waals surface area contributed by atoms with E-state index in [9.17, 15) is 14.0 Å². The van der Waals surface area contributed by atoms with Gasteiger partial charge in [-0.1, -0.05) is 17.7 Å². The summed E-state index contributed by atoms with van der Waals surface area (Å²) in [5, 5.41) is 10.8. The molecular formula is C30H33ClFN7O5. The molecule has 4 aromatic rings. The molecule has 0 fully saturated rings. The Morgan fingerprint density at radius 3 is 2.59 bits per heavy atom. The van der Waals surface area contributed by atoms with Gasteiger partial charge in [-0.25, -0.2) is 9.97 Å². The van der Waals surface area contributed by atoms with Crippen molar-refractivity contribution in [1.29, 1.82) is 0 Å². The largest absolute Gasteiger partial charge is 0.494 e. The van der Waals surface area contributed by atoms with Crippen molar-refractivity contribution in [2.24, 2.45) is 0 Å². The molecule has 0 saturated carbocycles. The molecular weight excluding hydrogens is 593 g/mol. The van der Waals surface area contributed by atoms with Crippen LogP contribution in [0.25, 0.3) is 10.9 Å². The molecule has 0 atom stereocenters. The number of ether oxygens (including phenoxy) is 3. The zero-order valence-electron chi connectivity index (χ0n) is 25.1. The van der Waals surface area contributed by atoms with Crippen molar-refractivity contribution in [3.8, 4) is 17.4 Å². The number of anilines is 3. The molecule has 0 saturated heterocycles. The number of nitrogens with zero attached hydrogens (tertiary/aromatic N) is 5. The third kappa shape index (κ3) is 8.64. The number of hydrogen-bond donors (Lipinski definition) is 2. The van der Waals surface area contributed by atoms with Crippen LogP contribution in [0.1, 0.15) is 20.8 Å². The van der Waals surface area contributed by atoms with E-state index in [-0.39, 0.29) is 29.1 Å². The maximum Gasteiger partial charge on any atom is 0.328 e. The van der Waals surface area contributed by atoms with E-state index in [1.54, 1.807) is 51.1 Å². The van der Waals surface area contributed by atoms with E-state index in [2.05, 4.69) is 25.7 Å². The Morgan fingerprint density at radius 2 is 1.91 bits per heavy atom. The summed E-state index contributed by atoms with van der Waals surface area (Å²) in [6, 6.07) is 8.07. The standard InChI is InChI=1S/C30H33ClFN7O5/c1-30(2,3)44-27(41)16-39-15-21(32)29(37-39)43-18-9-10-22(20(31)12-18)36-28-19-13-24(35-26(40)8-7-11-38(4)5)25(42-6)14-23(19)33-17-34-28/h7-10,12-15,17H,11,16H2,1-6H3,(H,35,40)(H,33,34,36)/b8-7+. The molecule has 0 unspecified atom stereocenters. The first kappa shape index (κ1) is 32.2. The number of halogens is 2. The highest BCUT2D eigenvalue weighted by atomic mass is 35.5. The lowest BCUT2D eigenvalue weighted by molar-refractivity contribution is -0.155. The van der Waals surface area contributed by atoms with Crippen molar-refractivity contribution in [3.63, 3.8) is 0 Å². The van der Waals surface area contributed by atoms with Crippen molar-refractivity contribution < 1.29 is 28.2 Å². The molecule has 0 radical (unpaired) electrons. The summed E-state index contributed by atoms with van der Waals surface area (Å²) < 4.78 is 31.9. The predicted molar refractivity (Wildman–Crippen MR) is 165 cm³/mol. The van der Waals surface area contributed by atoms with E-state index in [1.165, 1.54) is 25.6 Å². The Bertz CT molecular complexity index is 1700. The van der Waals surface area contributed by atoms with E-state index in [4.69, 9.17) is 25.8 Å². The summed E-state index contributed by atoms with van der Waals surface area (Å²) >= 11 is 6.54. The zero-order valence-corrected chi connectivity index (χ0v) is 25.9. The van der Waals surface area contributed by atoms with Gasteiger partial charge < -0.3 is 29.7 Å². The molecule has 232 valence electrons. The van der Waals surface area contributed by atoms with Crippen molar-refractivity contribution in [1.82, 2.24) is 24.6 Å². The van der Waals surface area contributed by atoms with E-state index in [0.717, 1.165) is 10.9 Å². The van der Waals surface area contributed by atoms with Gasteiger partial charge in [-0.15, -0.1) is 5.10 Å². The number of nitrogens with one attached hydrogen (secondary N) is 2. The Labute approximate surface area is 258 Å². The quantitative estimate of drug-likeness (QED) is 0.161. The summed E-state index contributed by atoms with van der Waals surface area (Å²) in [6.45, 7) is 5.54. The smallest absolute Gasteiger partial charge is 0.328 e. The molecule has 2 N–H and O–H groups in total.